The maximum absolute atomic E-state index is 11.7. The van der Waals surface area contributed by atoms with Crippen LogP contribution in [0.5, 0.6) is 11.5 Å². The minimum atomic E-state index is -1.18. The van der Waals surface area contributed by atoms with Crippen LogP contribution >= 0.6 is 0 Å². The predicted molar refractivity (Wildman–Crippen MR) is 102 cm³/mol. The lowest BCUT2D eigenvalue weighted by Crippen LogP contribution is -2.41. The third-order valence-corrected chi connectivity index (χ3v) is 3.69. The van der Waals surface area contributed by atoms with Crippen molar-refractivity contribution in [1.82, 2.24) is 5.32 Å². The number of nitrogens with two attached hydrogens (primary N) is 1. The number of carbonyl (C=O) groups excluding carboxylic acids is 1. The molecule has 1 aromatic carbocycles. The molecule has 1 aromatic rings. The number of nitriles is 1. The topological polar surface area (TPSA) is 136 Å². The Balaban J connectivity index is 2.06. The predicted octanol–water partition coefficient (Wildman–Crippen LogP) is 0.428. The molecule has 152 valence electrons. The zero-order valence-corrected chi connectivity index (χ0v) is 16.6. The normalized spacial score (nSPS) is 15.2. The Morgan fingerprint density at radius 1 is 1.39 bits per heavy atom. The standard InChI is InChI=1S/C18H26BN3O6/c1-17(2,3)28-16(23)22-7-8-25-15-13(26-11-18(4,21)10-20)6-5-12-9-27-19(24)14(12)15/h5-6,24H,7-9,11,21H2,1-4H3,(H,22,23)/t18-/m1/s1. The van der Waals surface area contributed by atoms with Gasteiger partial charge in [-0.1, -0.05) is 6.07 Å². The van der Waals surface area contributed by atoms with Crippen molar-refractivity contribution >= 4 is 18.7 Å². The molecule has 0 saturated heterocycles. The van der Waals surface area contributed by atoms with Crippen LogP contribution in [0.2, 0.25) is 0 Å². The molecular weight excluding hydrogens is 365 g/mol. The first-order valence-corrected chi connectivity index (χ1v) is 8.90. The molecule has 4 N–H and O–H groups in total. The zero-order valence-electron chi connectivity index (χ0n) is 16.6. The maximum atomic E-state index is 11.7. The summed E-state index contributed by atoms with van der Waals surface area (Å²) < 4.78 is 21.8. The quantitative estimate of drug-likeness (QED) is 0.450. The molecule has 10 heteroatoms. The van der Waals surface area contributed by atoms with Crippen LogP contribution in [-0.2, 0) is 16.0 Å². The molecule has 0 fully saturated rings. The fourth-order valence-electron chi connectivity index (χ4n) is 2.41. The van der Waals surface area contributed by atoms with Gasteiger partial charge in [-0.2, -0.15) is 5.26 Å². The molecule has 1 atom stereocenters. The lowest BCUT2D eigenvalue weighted by Gasteiger charge is -2.21. The molecule has 0 saturated carbocycles. The van der Waals surface area contributed by atoms with Crippen LogP contribution < -0.4 is 26.0 Å². The number of benzene rings is 1. The number of hydrogen-bond donors (Lipinski definition) is 3. The number of rotatable bonds is 7. The van der Waals surface area contributed by atoms with Gasteiger partial charge in [0.25, 0.3) is 0 Å². The lowest BCUT2D eigenvalue weighted by atomic mass is 9.78. The highest BCUT2D eigenvalue weighted by molar-refractivity contribution is 6.62. The molecule has 0 aliphatic carbocycles. The number of nitrogens with zero attached hydrogens (tertiary/aromatic N) is 1. The van der Waals surface area contributed by atoms with Crippen LogP contribution in [0.15, 0.2) is 12.1 Å². The Kier molecular flexibility index (Phi) is 6.77. The Morgan fingerprint density at radius 2 is 2.11 bits per heavy atom. The summed E-state index contributed by atoms with van der Waals surface area (Å²) in [5.41, 5.74) is 5.26. The van der Waals surface area contributed by atoms with Crippen molar-refractivity contribution < 1.29 is 28.7 Å². The Labute approximate surface area is 164 Å². The minimum absolute atomic E-state index is 0.0637. The molecule has 0 aromatic heterocycles. The van der Waals surface area contributed by atoms with E-state index in [0.29, 0.717) is 17.0 Å². The van der Waals surface area contributed by atoms with Crippen LogP contribution in [0.1, 0.15) is 33.3 Å². The van der Waals surface area contributed by atoms with E-state index in [-0.39, 0.29) is 26.4 Å². The van der Waals surface area contributed by atoms with E-state index >= 15 is 0 Å². The zero-order chi connectivity index (χ0) is 20.9. The maximum Gasteiger partial charge on any atom is 0.495 e. The van der Waals surface area contributed by atoms with E-state index in [9.17, 15) is 9.82 Å². The Bertz CT molecular complexity index is 757. The average molecular weight is 391 g/mol. The molecule has 0 radical (unpaired) electrons. The van der Waals surface area contributed by atoms with Gasteiger partial charge in [0, 0.05) is 5.46 Å². The van der Waals surface area contributed by atoms with Gasteiger partial charge in [0.05, 0.1) is 19.2 Å². The van der Waals surface area contributed by atoms with Gasteiger partial charge in [0.2, 0.25) is 0 Å². The second-order valence-electron chi connectivity index (χ2n) is 7.72. The molecule has 9 nitrogen and oxygen atoms in total. The van der Waals surface area contributed by atoms with Gasteiger partial charge in [0.15, 0.2) is 11.5 Å². The average Bonchev–Trinajstić information content (AvgIpc) is 2.97. The molecule has 28 heavy (non-hydrogen) atoms. The summed E-state index contributed by atoms with van der Waals surface area (Å²) in [6.45, 7) is 7.33. The van der Waals surface area contributed by atoms with Crippen LogP contribution in [0.4, 0.5) is 4.79 Å². The van der Waals surface area contributed by atoms with Crippen molar-refractivity contribution in [2.75, 3.05) is 19.8 Å². The van der Waals surface area contributed by atoms with Crippen molar-refractivity contribution in [3.63, 3.8) is 0 Å². The van der Waals surface area contributed by atoms with Crippen molar-refractivity contribution in [2.24, 2.45) is 5.73 Å². The highest BCUT2D eigenvalue weighted by Gasteiger charge is 2.34. The van der Waals surface area contributed by atoms with E-state index in [0.717, 1.165) is 5.56 Å². The van der Waals surface area contributed by atoms with E-state index in [2.05, 4.69) is 5.32 Å². The smallest absolute Gasteiger partial charge is 0.488 e. The van der Waals surface area contributed by atoms with Crippen molar-refractivity contribution in [2.45, 2.75) is 45.4 Å². The van der Waals surface area contributed by atoms with Crippen molar-refractivity contribution in [3.8, 4) is 17.6 Å². The van der Waals surface area contributed by atoms with Gasteiger partial charge in [-0.25, -0.2) is 4.79 Å². The molecule has 1 heterocycles. The fourth-order valence-corrected chi connectivity index (χ4v) is 2.41. The molecule has 1 amide bonds. The summed E-state index contributed by atoms with van der Waals surface area (Å²) >= 11 is 0. The first kappa shape index (κ1) is 21.8. The number of carbonyl (C=O) groups is 1. The second kappa shape index (κ2) is 8.69. The molecule has 0 unspecified atom stereocenters. The summed E-state index contributed by atoms with van der Waals surface area (Å²) in [5.74, 6) is 0.620. The highest BCUT2D eigenvalue weighted by Crippen LogP contribution is 2.30. The summed E-state index contributed by atoms with van der Waals surface area (Å²) in [7, 11) is -1.15. The summed E-state index contributed by atoms with van der Waals surface area (Å²) in [6, 6.07) is 5.38. The van der Waals surface area contributed by atoms with Gasteiger partial charge in [-0.3, -0.25) is 0 Å². The number of nitrogens with one attached hydrogen (secondary N) is 1. The van der Waals surface area contributed by atoms with Gasteiger partial charge < -0.3 is 34.9 Å². The second-order valence-corrected chi connectivity index (χ2v) is 7.72. The summed E-state index contributed by atoms with van der Waals surface area (Å²) in [6.07, 6.45) is -0.554. The SMILES string of the molecule is CC(C)(C)OC(=O)NCCOc1c(OC[C@](C)(N)C#N)ccc2c1B(O)OC2. The first-order chi connectivity index (χ1) is 13.0. The lowest BCUT2D eigenvalue weighted by molar-refractivity contribution is 0.0520. The van der Waals surface area contributed by atoms with Gasteiger partial charge >= 0.3 is 13.2 Å². The van der Waals surface area contributed by atoms with E-state index in [1.165, 1.54) is 0 Å². The monoisotopic (exact) mass is 391 g/mol. The molecule has 2 rings (SSSR count). The summed E-state index contributed by atoms with van der Waals surface area (Å²) in [5, 5.41) is 21.7. The number of amides is 1. The molecule has 1 aliphatic rings. The highest BCUT2D eigenvalue weighted by atomic mass is 16.6. The minimum Gasteiger partial charge on any atom is -0.488 e. The van der Waals surface area contributed by atoms with Gasteiger partial charge in [0.1, 0.15) is 24.4 Å². The third-order valence-electron chi connectivity index (χ3n) is 3.69. The number of fused-ring (bicyclic) bond motifs is 1. The summed E-state index contributed by atoms with van der Waals surface area (Å²) in [4.78, 5) is 11.7. The van der Waals surface area contributed by atoms with E-state index in [1.54, 1.807) is 39.8 Å². The number of hydrogen-bond acceptors (Lipinski definition) is 8. The number of alkyl carbamates (subject to hydrolysis) is 1. The largest absolute Gasteiger partial charge is 0.495 e. The van der Waals surface area contributed by atoms with Crippen LogP contribution in [0.25, 0.3) is 0 Å². The third kappa shape index (κ3) is 6.02. The van der Waals surface area contributed by atoms with Crippen LogP contribution in [0.3, 0.4) is 0 Å². The van der Waals surface area contributed by atoms with E-state index in [1.807, 2.05) is 6.07 Å². The Hall–Kier alpha value is -2.48. The van der Waals surface area contributed by atoms with Gasteiger partial charge in [-0.15, -0.1) is 0 Å². The molecule has 0 spiro atoms. The first-order valence-electron chi connectivity index (χ1n) is 8.90. The van der Waals surface area contributed by atoms with Crippen LogP contribution in [-0.4, -0.2) is 49.1 Å². The van der Waals surface area contributed by atoms with Crippen LogP contribution in [0, 0.1) is 11.3 Å². The molecule has 0 bridgehead atoms. The van der Waals surface area contributed by atoms with Crippen molar-refractivity contribution in [3.05, 3.63) is 17.7 Å². The van der Waals surface area contributed by atoms with Gasteiger partial charge in [-0.05, 0) is 39.3 Å². The fraction of sp³-hybridized carbons (Fsp3) is 0.556. The number of ether oxygens (including phenoxy) is 3. The van der Waals surface area contributed by atoms with E-state index < -0.39 is 24.4 Å². The Morgan fingerprint density at radius 3 is 2.75 bits per heavy atom. The molecular formula is C18H26BN3O6. The molecule has 1 aliphatic heterocycles. The van der Waals surface area contributed by atoms with E-state index in [4.69, 9.17) is 29.9 Å². The van der Waals surface area contributed by atoms with Crippen molar-refractivity contribution in [1.29, 1.82) is 5.26 Å².